The number of aromatic nitrogens is 2. The molecule has 25 heavy (non-hydrogen) atoms. The molecule has 0 unspecified atom stereocenters. The van der Waals surface area contributed by atoms with Gasteiger partial charge in [0, 0.05) is 13.2 Å². The molecule has 1 atom stereocenters. The van der Waals surface area contributed by atoms with Crippen LogP contribution < -0.4 is 5.32 Å². The Morgan fingerprint density at radius 1 is 1.32 bits per heavy atom. The summed E-state index contributed by atoms with van der Waals surface area (Å²) in [6.45, 7) is 0.717. The molecule has 1 aliphatic rings. The number of hydrogen-bond acceptors (Lipinski definition) is 3. The summed E-state index contributed by atoms with van der Waals surface area (Å²) in [4.78, 5) is 12.2. The Morgan fingerprint density at radius 3 is 2.64 bits per heavy atom. The molecule has 1 saturated heterocycles. The highest BCUT2D eigenvalue weighted by Crippen LogP contribution is 2.33. The minimum absolute atomic E-state index is 0.00639. The van der Waals surface area contributed by atoms with Gasteiger partial charge in [-0.05, 0) is 37.1 Å². The maximum absolute atomic E-state index is 13.5. The Bertz CT molecular complexity index is 750. The molecule has 1 N–H and O–H groups in total. The molecule has 1 amide bonds. The number of ether oxygens (including phenoxy) is 1. The van der Waals surface area contributed by atoms with E-state index in [1.165, 1.54) is 0 Å². The Kier molecular flexibility index (Phi) is 4.76. The normalized spacial score (nSPS) is 17.7. The Morgan fingerprint density at radius 2 is 2.04 bits per heavy atom. The standard InChI is InChI=1S/C16H15F4N3O2/c17-10-3-5-11(6-4-10)23-14(16(18,19)20)13(9-22-23)15(24)21-8-12-2-1-7-25-12/h3-6,9,12H,1-2,7-8H2,(H,21,24)/t12-/m1/s1. The molecule has 0 spiro atoms. The van der Waals surface area contributed by atoms with Crippen LogP contribution in [0.3, 0.4) is 0 Å². The molecule has 1 aromatic carbocycles. The summed E-state index contributed by atoms with van der Waals surface area (Å²) in [5.74, 6) is -1.46. The molecule has 0 radical (unpaired) electrons. The van der Waals surface area contributed by atoms with Gasteiger partial charge in [-0.25, -0.2) is 9.07 Å². The van der Waals surface area contributed by atoms with Crippen molar-refractivity contribution in [2.75, 3.05) is 13.2 Å². The van der Waals surface area contributed by atoms with Gasteiger partial charge in [-0.15, -0.1) is 0 Å². The van der Waals surface area contributed by atoms with Crippen LogP contribution in [0.4, 0.5) is 17.6 Å². The van der Waals surface area contributed by atoms with Gasteiger partial charge in [-0.3, -0.25) is 4.79 Å². The first-order valence-corrected chi connectivity index (χ1v) is 7.67. The average Bonchev–Trinajstić information content (AvgIpc) is 3.22. The molecule has 1 fully saturated rings. The molecule has 3 rings (SSSR count). The van der Waals surface area contributed by atoms with E-state index in [9.17, 15) is 22.4 Å². The molecule has 1 aromatic heterocycles. The number of carbonyl (C=O) groups excluding carboxylic acids is 1. The van der Waals surface area contributed by atoms with E-state index in [-0.39, 0.29) is 18.3 Å². The summed E-state index contributed by atoms with van der Waals surface area (Å²) in [5, 5.41) is 6.12. The summed E-state index contributed by atoms with van der Waals surface area (Å²) in [6.07, 6.45) is -2.53. The first-order chi connectivity index (χ1) is 11.9. The van der Waals surface area contributed by atoms with E-state index in [1.807, 2.05) is 0 Å². The monoisotopic (exact) mass is 357 g/mol. The topological polar surface area (TPSA) is 56.1 Å². The summed E-state index contributed by atoms with van der Waals surface area (Å²) >= 11 is 0. The van der Waals surface area contributed by atoms with Crippen molar-refractivity contribution in [3.63, 3.8) is 0 Å². The molecule has 134 valence electrons. The summed E-state index contributed by atoms with van der Waals surface area (Å²) in [6, 6.07) is 4.36. The van der Waals surface area contributed by atoms with Crippen molar-refractivity contribution in [3.05, 3.63) is 47.5 Å². The van der Waals surface area contributed by atoms with Gasteiger partial charge in [0.25, 0.3) is 5.91 Å². The van der Waals surface area contributed by atoms with Crippen LogP contribution in [0.25, 0.3) is 5.69 Å². The van der Waals surface area contributed by atoms with Crippen LogP contribution in [-0.2, 0) is 10.9 Å². The molecule has 9 heteroatoms. The lowest BCUT2D eigenvalue weighted by molar-refractivity contribution is -0.143. The number of nitrogens with one attached hydrogen (secondary N) is 1. The summed E-state index contributed by atoms with van der Waals surface area (Å²) < 4.78 is 59.3. The Balaban J connectivity index is 1.88. The Hall–Kier alpha value is -2.42. The lowest BCUT2D eigenvalue weighted by Crippen LogP contribution is -2.33. The van der Waals surface area contributed by atoms with Gasteiger partial charge in [0.2, 0.25) is 0 Å². The van der Waals surface area contributed by atoms with E-state index in [0.29, 0.717) is 11.3 Å². The Labute approximate surface area is 140 Å². The number of nitrogens with zero attached hydrogens (tertiary/aromatic N) is 2. The van der Waals surface area contributed by atoms with Crippen LogP contribution in [0.15, 0.2) is 30.5 Å². The van der Waals surface area contributed by atoms with E-state index in [0.717, 1.165) is 43.3 Å². The van der Waals surface area contributed by atoms with E-state index in [4.69, 9.17) is 4.74 Å². The zero-order valence-electron chi connectivity index (χ0n) is 13.0. The molecular weight excluding hydrogens is 342 g/mol. The predicted molar refractivity (Wildman–Crippen MR) is 79.8 cm³/mol. The lowest BCUT2D eigenvalue weighted by atomic mass is 10.2. The predicted octanol–water partition coefficient (Wildman–Crippen LogP) is 2.94. The summed E-state index contributed by atoms with van der Waals surface area (Å²) in [5.41, 5.74) is -1.79. The molecule has 2 heterocycles. The second-order valence-electron chi connectivity index (χ2n) is 5.64. The zero-order chi connectivity index (χ0) is 18.0. The maximum atomic E-state index is 13.5. The van der Waals surface area contributed by atoms with E-state index < -0.39 is 29.2 Å². The number of rotatable bonds is 4. The lowest BCUT2D eigenvalue weighted by Gasteiger charge is -2.14. The van der Waals surface area contributed by atoms with Crippen molar-refractivity contribution in [3.8, 4) is 5.69 Å². The highest BCUT2D eigenvalue weighted by Gasteiger charge is 2.40. The minimum Gasteiger partial charge on any atom is -0.376 e. The number of carbonyl (C=O) groups is 1. The van der Waals surface area contributed by atoms with Gasteiger partial charge in [0.05, 0.1) is 23.6 Å². The highest BCUT2D eigenvalue weighted by atomic mass is 19.4. The smallest absolute Gasteiger partial charge is 0.376 e. The molecule has 1 aliphatic heterocycles. The second kappa shape index (κ2) is 6.83. The zero-order valence-corrected chi connectivity index (χ0v) is 13.0. The molecule has 5 nitrogen and oxygen atoms in total. The van der Waals surface area contributed by atoms with Crippen molar-refractivity contribution in [2.24, 2.45) is 0 Å². The van der Waals surface area contributed by atoms with Crippen LogP contribution >= 0.6 is 0 Å². The fourth-order valence-corrected chi connectivity index (χ4v) is 2.67. The fourth-order valence-electron chi connectivity index (χ4n) is 2.67. The van der Waals surface area contributed by atoms with Gasteiger partial charge in [0.15, 0.2) is 5.69 Å². The first kappa shape index (κ1) is 17.4. The van der Waals surface area contributed by atoms with Crippen LogP contribution in [-0.4, -0.2) is 34.9 Å². The third kappa shape index (κ3) is 3.81. The van der Waals surface area contributed by atoms with Crippen LogP contribution in [0.5, 0.6) is 0 Å². The minimum atomic E-state index is -4.80. The fraction of sp³-hybridized carbons (Fsp3) is 0.375. The van der Waals surface area contributed by atoms with Crippen molar-refractivity contribution < 1.29 is 27.1 Å². The molecule has 0 bridgehead atoms. The quantitative estimate of drug-likeness (QED) is 0.856. The van der Waals surface area contributed by atoms with Crippen molar-refractivity contribution in [1.29, 1.82) is 0 Å². The van der Waals surface area contributed by atoms with Gasteiger partial charge in [-0.1, -0.05) is 0 Å². The number of alkyl halides is 3. The van der Waals surface area contributed by atoms with Gasteiger partial charge >= 0.3 is 6.18 Å². The van der Waals surface area contributed by atoms with E-state index >= 15 is 0 Å². The van der Waals surface area contributed by atoms with Crippen molar-refractivity contribution in [1.82, 2.24) is 15.1 Å². The third-order valence-electron chi connectivity index (χ3n) is 3.87. The second-order valence-corrected chi connectivity index (χ2v) is 5.64. The van der Waals surface area contributed by atoms with Crippen LogP contribution in [0.1, 0.15) is 28.9 Å². The van der Waals surface area contributed by atoms with Crippen molar-refractivity contribution in [2.45, 2.75) is 25.1 Å². The van der Waals surface area contributed by atoms with E-state index in [2.05, 4.69) is 10.4 Å². The maximum Gasteiger partial charge on any atom is 0.434 e. The number of amides is 1. The molecule has 0 aliphatic carbocycles. The van der Waals surface area contributed by atoms with Crippen LogP contribution in [0, 0.1) is 5.82 Å². The van der Waals surface area contributed by atoms with Gasteiger partial charge in [0.1, 0.15) is 5.82 Å². The molecular formula is C16H15F4N3O2. The SMILES string of the molecule is O=C(NC[C@H]1CCCO1)c1cnn(-c2ccc(F)cc2)c1C(F)(F)F. The third-order valence-corrected chi connectivity index (χ3v) is 3.87. The van der Waals surface area contributed by atoms with Gasteiger partial charge in [-0.2, -0.15) is 18.3 Å². The molecule has 0 saturated carbocycles. The van der Waals surface area contributed by atoms with Crippen molar-refractivity contribution >= 4 is 5.91 Å². The molecule has 2 aromatic rings. The number of benzene rings is 1. The first-order valence-electron chi connectivity index (χ1n) is 7.67. The van der Waals surface area contributed by atoms with Crippen LogP contribution in [0.2, 0.25) is 0 Å². The number of hydrogen-bond donors (Lipinski definition) is 1. The number of halogens is 4. The van der Waals surface area contributed by atoms with E-state index in [1.54, 1.807) is 0 Å². The highest BCUT2D eigenvalue weighted by molar-refractivity contribution is 5.95. The van der Waals surface area contributed by atoms with Gasteiger partial charge < -0.3 is 10.1 Å². The largest absolute Gasteiger partial charge is 0.434 e. The summed E-state index contributed by atoms with van der Waals surface area (Å²) in [7, 11) is 0. The average molecular weight is 357 g/mol.